The summed E-state index contributed by atoms with van der Waals surface area (Å²) in [4.78, 5) is 1.55. The Hall–Kier alpha value is -0.210. The van der Waals surface area contributed by atoms with Crippen LogP contribution in [0, 0.1) is 5.92 Å². The summed E-state index contributed by atoms with van der Waals surface area (Å²) < 4.78 is 0. The van der Waals surface area contributed by atoms with Crippen molar-refractivity contribution in [3.8, 4) is 0 Å². The molecule has 1 atom stereocenters. The van der Waals surface area contributed by atoms with Crippen molar-refractivity contribution in [1.82, 2.24) is 5.32 Å². The zero-order valence-electron chi connectivity index (χ0n) is 8.18. The standard InChI is InChI=1S/C11H17NS/c1-3-9-10(13-2)6-7-12-11(9)8-4-5-8/h3,8,11-12H,1,4-7H2,2H3. The Morgan fingerprint density at radius 1 is 1.54 bits per heavy atom. The van der Waals surface area contributed by atoms with Gasteiger partial charge in [-0.2, -0.15) is 0 Å². The van der Waals surface area contributed by atoms with Gasteiger partial charge in [-0.1, -0.05) is 12.7 Å². The van der Waals surface area contributed by atoms with E-state index in [9.17, 15) is 0 Å². The highest BCUT2D eigenvalue weighted by Gasteiger charge is 2.34. The fraction of sp³-hybridized carbons (Fsp3) is 0.636. The van der Waals surface area contributed by atoms with Gasteiger partial charge >= 0.3 is 0 Å². The first kappa shape index (κ1) is 9.35. The van der Waals surface area contributed by atoms with Crippen molar-refractivity contribution in [1.29, 1.82) is 0 Å². The van der Waals surface area contributed by atoms with E-state index in [2.05, 4.69) is 24.2 Å². The minimum Gasteiger partial charge on any atom is -0.309 e. The van der Waals surface area contributed by atoms with Crippen LogP contribution in [-0.2, 0) is 0 Å². The second kappa shape index (κ2) is 3.89. The smallest absolute Gasteiger partial charge is 0.0356 e. The maximum absolute atomic E-state index is 3.93. The van der Waals surface area contributed by atoms with E-state index in [0.717, 1.165) is 12.5 Å². The lowest BCUT2D eigenvalue weighted by Crippen LogP contribution is -2.37. The first-order chi connectivity index (χ1) is 6.36. The molecule has 1 aliphatic heterocycles. The lowest BCUT2D eigenvalue weighted by atomic mass is 9.98. The van der Waals surface area contributed by atoms with E-state index in [-0.39, 0.29) is 0 Å². The second-order valence-electron chi connectivity index (χ2n) is 3.81. The van der Waals surface area contributed by atoms with Crippen molar-refractivity contribution in [3.63, 3.8) is 0 Å². The largest absolute Gasteiger partial charge is 0.309 e. The van der Waals surface area contributed by atoms with Crippen LogP contribution in [0.4, 0.5) is 0 Å². The van der Waals surface area contributed by atoms with Crippen LogP contribution >= 0.6 is 11.8 Å². The van der Waals surface area contributed by atoms with Gasteiger partial charge in [-0.3, -0.25) is 0 Å². The molecule has 1 nitrogen and oxygen atoms in total. The molecule has 1 saturated carbocycles. The molecule has 1 heterocycles. The molecule has 0 bridgehead atoms. The third-order valence-corrected chi connectivity index (χ3v) is 3.87. The van der Waals surface area contributed by atoms with Gasteiger partial charge in [0.1, 0.15) is 0 Å². The first-order valence-corrected chi connectivity index (χ1v) is 6.22. The van der Waals surface area contributed by atoms with Gasteiger partial charge in [0.15, 0.2) is 0 Å². The van der Waals surface area contributed by atoms with E-state index in [1.54, 1.807) is 4.91 Å². The molecule has 2 heteroatoms. The molecule has 2 rings (SSSR count). The van der Waals surface area contributed by atoms with Crippen LogP contribution in [0.25, 0.3) is 0 Å². The molecule has 1 unspecified atom stereocenters. The van der Waals surface area contributed by atoms with Gasteiger partial charge in [-0.15, -0.1) is 11.8 Å². The number of hydrogen-bond donors (Lipinski definition) is 1. The highest BCUT2D eigenvalue weighted by molar-refractivity contribution is 8.02. The topological polar surface area (TPSA) is 12.0 Å². The van der Waals surface area contributed by atoms with Crippen molar-refractivity contribution >= 4 is 11.8 Å². The van der Waals surface area contributed by atoms with Crippen molar-refractivity contribution < 1.29 is 0 Å². The summed E-state index contributed by atoms with van der Waals surface area (Å²) in [6.45, 7) is 5.08. The van der Waals surface area contributed by atoms with Gasteiger partial charge in [-0.25, -0.2) is 0 Å². The molecule has 13 heavy (non-hydrogen) atoms. The molecule has 0 aromatic carbocycles. The maximum Gasteiger partial charge on any atom is 0.0356 e. The van der Waals surface area contributed by atoms with E-state index in [1.807, 2.05) is 11.8 Å². The Kier molecular flexibility index (Phi) is 2.80. The van der Waals surface area contributed by atoms with Crippen LogP contribution in [0.15, 0.2) is 23.1 Å². The summed E-state index contributed by atoms with van der Waals surface area (Å²) in [6, 6.07) is 0.619. The van der Waals surface area contributed by atoms with Gasteiger partial charge in [-0.05, 0) is 41.9 Å². The molecule has 1 aliphatic carbocycles. The van der Waals surface area contributed by atoms with E-state index in [4.69, 9.17) is 0 Å². The van der Waals surface area contributed by atoms with Crippen LogP contribution in [0.5, 0.6) is 0 Å². The molecule has 1 N–H and O–H groups in total. The molecule has 0 radical (unpaired) electrons. The van der Waals surface area contributed by atoms with E-state index < -0.39 is 0 Å². The van der Waals surface area contributed by atoms with Crippen LogP contribution in [0.2, 0.25) is 0 Å². The van der Waals surface area contributed by atoms with Crippen LogP contribution in [-0.4, -0.2) is 18.8 Å². The molecule has 0 aromatic rings. The van der Waals surface area contributed by atoms with Crippen molar-refractivity contribution in [2.45, 2.75) is 25.3 Å². The average molecular weight is 195 g/mol. The molecule has 0 amide bonds. The zero-order chi connectivity index (χ0) is 9.26. The molecule has 1 fully saturated rings. The average Bonchev–Trinajstić information content (AvgIpc) is 2.99. The lowest BCUT2D eigenvalue weighted by Gasteiger charge is -2.27. The fourth-order valence-corrected chi connectivity index (χ4v) is 2.83. The number of hydrogen-bond acceptors (Lipinski definition) is 2. The summed E-state index contributed by atoms with van der Waals surface area (Å²) in [5.41, 5.74) is 1.47. The van der Waals surface area contributed by atoms with Crippen molar-refractivity contribution in [2.24, 2.45) is 5.92 Å². The molecule has 72 valence electrons. The zero-order valence-corrected chi connectivity index (χ0v) is 8.99. The van der Waals surface area contributed by atoms with Crippen LogP contribution in [0.3, 0.4) is 0 Å². The summed E-state index contributed by atoms with van der Waals surface area (Å²) in [6.07, 6.45) is 8.22. The molecule has 0 spiro atoms. The highest BCUT2D eigenvalue weighted by Crippen LogP contribution is 2.40. The van der Waals surface area contributed by atoms with Gasteiger partial charge in [0.25, 0.3) is 0 Å². The fourth-order valence-electron chi connectivity index (χ4n) is 2.08. The molecule has 0 aromatic heterocycles. The van der Waals surface area contributed by atoms with Crippen molar-refractivity contribution in [2.75, 3.05) is 12.8 Å². The Morgan fingerprint density at radius 3 is 2.85 bits per heavy atom. The Labute approximate surface area is 84.7 Å². The monoisotopic (exact) mass is 195 g/mol. The SMILES string of the molecule is C=CC1=C(SC)CCNC1C1CC1. The summed E-state index contributed by atoms with van der Waals surface area (Å²) in [7, 11) is 0. The van der Waals surface area contributed by atoms with Crippen molar-refractivity contribution in [3.05, 3.63) is 23.1 Å². The summed E-state index contributed by atoms with van der Waals surface area (Å²) in [5.74, 6) is 0.899. The van der Waals surface area contributed by atoms with Crippen LogP contribution in [0.1, 0.15) is 19.3 Å². The Morgan fingerprint density at radius 2 is 2.31 bits per heavy atom. The van der Waals surface area contributed by atoms with Gasteiger partial charge < -0.3 is 5.32 Å². The molecule has 2 aliphatic rings. The third-order valence-electron chi connectivity index (χ3n) is 2.93. The number of thioether (sulfide) groups is 1. The molecule has 0 saturated heterocycles. The number of rotatable bonds is 3. The van der Waals surface area contributed by atoms with E-state index in [0.29, 0.717) is 6.04 Å². The lowest BCUT2D eigenvalue weighted by molar-refractivity contribution is 0.506. The van der Waals surface area contributed by atoms with Gasteiger partial charge in [0.05, 0.1) is 0 Å². The van der Waals surface area contributed by atoms with Gasteiger partial charge in [0, 0.05) is 12.6 Å². The third kappa shape index (κ3) is 1.84. The van der Waals surface area contributed by atoms with E-state index >= 15 is 0 Å². The molecular formula is C11H17NS. The highest BCUT2D eigenvalue weighted by atomic mass is 32.2. The summed E-state index contributed by atoms with van der Waals surface area (Å²) in [5, 5.41) is 3.60. The Bertz CT molecular complexity index is 240. The maximum atomic E-state index is 3.93. The minimum atomic E-state index is 0.619. The molecular weight excluding hydrogens is 178 g/mol. The van der Waals surface area contributed by atoms with E-state index in [1.165, 1.54) is 24.8 Å². The van der Waals surface area contributed by atoms with Gasteiger partial charge in [0.2, 0.25) is 0 Å². The normalized spacial score (nSPS) is 29.2. The first-order valence-electron chi connectivity index (χ1n) is 4.99. The summed E-state index contributed by atoms with van der Waals surface area (Å²) >= 11 is 1.90. The predicted octanol–water partition coefficient (Wildman–Crippen LogP) is 2.56. The predicted molar refractivity (Wildman–Crippen MR) is 59.9 cm³/mol. The minimum absolute atomic E-state index is 0.619. The quantitative estimate of drug-likeness (QED) is 0.743. The van der Waals surface area contributed by atoms with Crippen LogP contribution < -0.4 is 5.32 Å². The second-order valence-corrected chi connectivity index (χ2v) is 4.71. The number of nitrogens with one attached hydrogen (secondary N) is 1. The Balaban J connectivity index is 2.21.